The molecule has 0 amide bonds. The van der Waals surface area contributed by atoms with Crippen molar-refractivity contribution in [1.82, 2.24) is 0 Å². The molecule has 0 nitrogen and oxygen atoms in total. The van der Waals surface area contributed by atoms with Crippen molar-refractivity contribution >= 4 is 0 Å². The second-order valence-corrected chi connectivity index (χ2v) is 6.14. The molecule has 3 aliphatic carbocycles. The molecular weight excluding hydrogens is 204 g/mol. The summed E-state index contributed by atoms with van der Waals surface area (Å²) < 4.78 is 0. The van der Waals surface area contributed by atoms with Crippen LogP contribution in [0.15, 0.2) is 47.6 Å². The minimum atomic E-state index is 0.482. The Kier molecular flexibility index (Phi) is 2.82. The zero-order valence-electron chi connectivity index (χ0n) is 10.8. The summed E-state index contributed by atoms with van der Waals surface area (Å²) in [6.45, 7) is 2.48. The van der Waals surface area contributed by atoms with Gasteiger partial charge in [-0.25, -0.2) is 0 Å². The maximum atomic E-state index is 2.50. The Bertz CT molecular complexity index is 419. The van der Waals surface area contributed by atoms with Gasteiger partial charge in [-0.15, -0.1) is 0 Å². The fourth-order valence-corrected chi connectivity index (χ4v) is 3.89. The first-order chi connectivity index (χ1) is 8.26. The van der Waals surface area contributed by atoms with E-state index in [4.69, 9.17) is 0 Å². The van der Waals surface area contributed by atoms with Crippen molar-refractivity contribution in [2.75, 3.05) is 0 Å². The smallest absolute Gasteiger partial charge is 0.00761 e. The Balaban J connectivity index is 1.97. The van der Waals surface area contributed by atoms with Gasteiger partial charge in [0.2, 0.25) is 0 Å². The lowest BCUT2D eigenvalue weighted by Crippen LogP contribution is -2.19. The van der Waals surface area contributed by atoms with E-state index in [1.807, 2.05) is 0 Å². The molecule has 0 aliphatic heterocycles. The van der Waals surface area contributed by atoms with Gasteiger partial charge in [0, 0.05) is 0 Å². The van der Waals surface area contributed by atoms with Gasteiger partial charge in [-0.2, -0.15) is 0 Å². The SMILES string of the molecule is CC12C/C3=C\C=C/C/C=C\CC=C1CC(C3)C2. The van der Waals surface area contributed by atoms with Crippen LogP contribution in [0.5, 0.6) is 0 Å². The number of fused-ring (bicyclic) bond motifs is 2. The lowest BCUT2D eigenvalue weighted by molar-refractivity contribution is 0.318. The molecule has 0 aromatic rings. The molecule has 0 heteroatoms. The van der Waals surface area contributed by atoms with Crippen LogP contribution in [0.4, 0.5) is 0 Å². The Morgan fingerprint density at radius 1 is 1.12 bits per heavy atom. The van der Waals surface area contributed by atoms with Crippen LogP contribution in [0.1, 0.15) is 45.4 Å². The molecule has 0 radical (unpaired) electrons. The third-order valence-corrected chi connectivity index (χ3v) is 4.60. The second-order valence-electron chi connectivity index (χ2n) is 6.14. The van der Waals surface area contributed by atoms with Crippen molar-refractivity contribution in [3.05, 3.63) is 47.6 Å². The quantitative estimate of drug-likeness (QED) is 0.512. The van der Waals surface area contributed by atoms with Crippen LogP contribution in [-0.4, -0.2) is 0 Å². The molecule has 2 saturated carbocycles. The Hall–Kier alpha value is -1.04. The molecule has 90 valence electrons. The van der Waals surface area contributed by atoms with Crippen molar-refractivity contribution in [3.63, 3.8) is 0 Å². The summed E-state index contributed by atoms with van der Waals surface area (Å²) in [6.07, 6.45) is 21.6. The molecule has 3 bridgehead atoms. The van der Waals surface area contributed by atoms with Crippen LogP contribution in [0.25, 0.3) is 0 Å². The van der Waals surface area contributed by atoms with Gasteiger partial charge in [0.25, 0.3) is 0 Å². The third-order valence-electron chi connectivity index (χ3n) is 4.60. The highest BCUT2D eigenvalue weighted by atomic mass is 14.5. The molecule has 3 aliphatic rings. The Morgan fingerprint density at radius 3 is 2.94 bits per heavy atom. The standard InChI is InChI=1S/C17H22/c1-17-12-14-8-6-4-2-3-5-7-9-16(17)11-15(10-14)13-17/h3-6,8-9,15H,2,7,10-13H2,1H3/b5-3-,6-4-,14-8-,16-9?. The summed E-state index contributed by atoms with van der Waals surface area (Å²) in [5.74, 6) is 0.921. The van der Waals surface area contributed by atoms with Gasteiger partial charge in [-0.1, -0.05) is 54.5 Å². The van der Waals surface area contributed by atoms with Gasteiger partial charge in [-0.3, -0.25) is 0 Å². The first-order valence-corrected chi connectivity index (χ1v) is 6.95. The first-order valence-electron chi connectivity index (χ1n) is 6.95. The number of hydrogen-bond acceptors (Lipinski definition) is 0. The molecule has 0 heterocycles. The van der Waals surface area contributed by atoms with E-state index in [2.05, 4.69) is 43.4 Å². The van der Waals surface area contributed by atoms with Gasteiger partial charge in [-0.05, 0) is 49.9 Å². The van der Waals surface area contributed by atoms with E-state index in [0.29, 0.717) is 5.41 Å². The molecule has 0 spiro atoms. The lowest BCUT2D eigenvalue weighted by Gasteiger charge is -2.32. The maximum Gasteiger partial charge on any atom is -0.00761 e. The predicted molar refractivity (Wildman–Crippen MR) is 73.7 cm³/mol. The summed E-state index contributed by atoms with van der Waals surface area (Å²) in [4.78, 5) is 0. The minimum absolute atomic E-state index is 0.482. The van der Waals surface area contributed by atoms with E-state index >= 15 is 0 Å². The summed E-state index contributed by atoms with van der Waals surface area (Å²) in [5, 5.41) is 0. The third kappa shape index (κ3) is 2.18. The average molecular weight is 226 g/mol. The van der Waals surface area contributed by atoms with E-state index in [1.54, 1.807) is 11.1 Å². The molecule has 17 heavy (non-hydrogen) atoms. The van der Waals surface area contributed by atoms with Gasteiger partial charge in [0.1, 0.15) is 0 Å². The van der Waals surface area contributed by atoms with Crippen LogP contribution in [0, 0.1) is 11.3 Å². The zero-order chi connectivity index (χ0) is 11.7. The highest BCUT2D eigenvalue weighted by Gasteiger charge is 2.43. The highest BCUT2D eigenvalue weighted by molar-refractivity contribution is 5.30. The number of rotatable bonds is 0. The summed E-state index contributed by atoms with van der Waals surface area (Å²) in [6, 6.07) is 0. The highest BCUT2D eigenvalue weighted by Crippen LogP contribution is 2.56. The Labute approximate surface area is 105 Å². The van der Waals surface area contributed by atoms with Crippen LogP contribution in [0.2, 0.25) is 0 Å². The minimum Gasteiger partial charge on any atom is -0.0844 e. The lowest BCUT2D eigenvalue weighted by atomic mass is 9.73. The van der Waals surface area contributed by atoms with Crippen molar-refractivity contribution in [2.24, 2.45) is 11.3 Å². The van der Waals surface area contributed by atoms with Crippen LogP contribution in [-0.2, 0) is 0 Å². The molecule has 0 aromatic heterocycles. The topological polar surface area (TPSA) is 0 Å². The first kappa shape index (κ1) is 11.1. The van der Waals surface area contributed by atoms with Gasteiger partial charge in [0.05, 0.1) is 0 Å². The summed E-state index contributed by atoms with van der Waals surface area (Å²) in [7, 11) is 0. The monoisotopic (exact) mass is 226 g/mol. The van der Waals surface area contributed by atoms with Crippen LogP contribution >= 0.6 is 0 Å². The van der Waals surface area contributed by atoms with E-state index in [-0.39, 0.29) is 0 Å². The largest absolute Gasteiger partial charge is 0.0844 e. The molecule has 2 atom stereocenters. The normalized spacial score (nSPS) is 43.0. The molecule has 2 unspecified atom stereocenters. The molecule has 0 N–H and O–H groups in total. The second kappa shape index (κ2) is 4.33. The number of allylic oxidation sites excluding steroid dienone is 8. The van der Waals surface area contributed by atoms with Crippen molar-refractivity contribution in [2.45, 2.75) is 45.4 Å². The van der Waals surface area contributed by atoms with E-state index in [0.717, 1.165) is 18.8 Å². The van der Waals surface area contributed by atoms with Crippen molar-refractivity contribution in [1.29, 1.82) is 0 Å². The predicted octanol–water partition coefficient (Wildman–Crippen LogP) is 4.96. The fraction of sp³-hybridized carbons (Fsp3) is 0.529. The summed E-state index contributed by atoms with van der Waals surface area (Å²) >= 11 is 0. The van der Waals surface area contributed by atoms with Crippen LogP contribution < -0.4 is 0 Å². The van der Waals surface area contributed by atoms with E-state index in [1.165, 1.54) is 25.7 Å². The zero-order valence-corrected chi connectivity index (χ0v) is 10.8. The summed E-state index contributed by atoms with van der Waals surface area (Å²) in [5.41, 5.74) is 3.89. The van der Waals surface area contributed by atoms with Gasteiger partial charge < -0.3 is 0 Å². The van der Waals surface area contributed by atoms with Crippen LogP contribution in [0.3, 0.4) is 0 Å². The van der Waals surface area contributed by atoms with Crippen molar-refractivity contribution < 1.29 is 0 Å². The van der Waals surface area contributed by atoms with Crippen molar-refractivity contribution in [3.8, 4) is 0 Å². The molecular formula is C17H22. The average Bonchev–Trinajstić information content (AvgIpc) is 2.52. The van der Waals surface area contributed by atoms with Gasteiger partial charge in [0.15, 0.2) is 0 Å². The molecule has 2 fully saturated rings. The Morgan fingerprint density at radius 2 is 2.00 bits per heavy atom. The van der Waals surface area contributed by atoms with E-state index < -0.39 is 0 Å². The molecule has 0 aromatic carbocycles. The van der Waals surface area contributed by atoms with E-state index in [9.17, 15) is 0 Å². The van der Waals surface area contributed by atoms with Gasteiger partial charge >= 0.3 is 0 Å². The fourth-order valence-electron chi connectivity index (χ4n) is 3.89. The molecule has 0 saturated heterocycles. The number of hydrogen-bond donors (Lipinski definition) is 0. The molecule has 3 rings (SSSR count). The maximum absolute atomic E-state index is 2.50.